The quantitative estimate of drug-likeness (QED) is 0.658. The Kier molecular flexibility index (Phi) is 4.57. The van der Waals surface area contributed by atoms with Gasteiger partial charge in [-0.25, -0.2) is 8.42 Å². The highest BCUT2D eigenvalue weighted by atomic mass is 32.2. The Morgan fingerprint density at radius 3 is 2.35 bits per heavy atom. The summed E-state index contributed by atoms with van der Waals surface area (Å²) in [7, 11) is -3.47. The molecule has 0 fully saturated rings. The van der Waals surface area contributed by atoms with Crippen LogP contribution in [0.1, 0.15) is 5.56 Å². The number of hydrogen-bond acceptors (Lipinski definition) is 4. The fourth-order valence-electron chi connectivity index (χ4n) is 1.75. The maximum Gasteiger partial charge on any atom is 0.236 e. The van der Waals surface area contributed by atoms with E-state index in [2.05, 4.69) is 4.72 Å². The van der Waals surface area contributed by atoms with Gasteiger partial charge in [0.2, 0.25) is 10.0 Å². The Hall–Kier alpha value is -1.66. The molecule has 0 aromatic heterocycles. The topological polar surface area (TPSA) is 72.2 Å². The van der Waals surface area contributed by atoms with Crippen LogP contribution in [0.5, 0.6) is 0 Å². The Morgan fingerprint density at radius 1 is 1.10 bits per heavy atom. The van der Waals surface area contributed by atoms with Gasteiger partial charge in [-0.05, 0) is 42.2 Å². The maximum absolute atomic E-state index is 12.1. The third-order valence-corrected chi connectivity index (χ3v) is 4.75. The third kappa shape index (κ3) is 3.91. The maximum atomic E-state index is 12.1. The summed E-state index contributed by atoms with van der Waals surface area (Å²) >= 11 is 1.61. The highest BCUT2D eigenvalue weighted by molar-refractivity contribution is 7.98. The molecule has 2 rings (SSSR count). The molecular formula is C14H16N2O2S2. The molecule has 0 aliphatic carbocycles. The molecule has 0 heterocycles. The van der Waals surface area contributed by atoms with Crippen molar-refractivity contribution in [3.63, 3.8) is 0 Å². The smallest absolute Gasteiger partial charge is 0.236 e. The second-order valence-electron chi connectivity index (χ2n) is 4.29. The molecule has 0 atom stereocenters. The van der Waals surface area contributed by atoms with Gasteiger partial charge in [-0.2, -0.15) is 0 Å². The number of anilines is 2. The van der Waals surface area contributed by atoms with E-state index < -0.39 is 10.0 Å². The van der Waals surface area contributed by atoms with E-state index in [-0.39, 0.29) is 5.75 Å². The Labute approximate surface area is 123 Å². The van der Waals surface area contributed by atoms with E-state index in [0.717, 1.165) is 4.90 Å². The van der Waals surface area contributed by atoms with Gasteiger partial charge in [0.05, 0.1) is 5.75 Å². The molecule has 0 spiro atoms. The lowest BCUT2D eigenvalue weighted by molar-refractivity contribution is 0.600. The number of thioether (sulfide) groups is 1. The number of nitrogens with one attached hydrogen (secondary N) is 1. The van der Waals surface area contributed by atoms with Gasteiger partial charge in [0, 0.05) is 16.3 Å². The average Bonchev–Trinajstić information content (AvgIpc) is 2.41. The highest BCUT2D eigenvalue weighted by Gasteiger charge is 2.13. The molecule has 0 saturated heterocycles. The summed E-state index contributed by atoms with van der Waals surface area (Å²) in [5.74, 6) is -0.135. The van der Waals surface area contributed by atoms with Crippen LogP contribution in [0.2, 0.25) is 0 Å². The van der Waals surface area contributed by atoms with Crippen LogP contribution in [0, 0.1) is 0 Å². The van der Waals surface area contributed by atoms with Crippen LogP contribution in [0.25, 0.3) is 0 Å². The summed E-state index contributed by atoms with van der Waals surface area (Å²) in [5.41, 5.74) is 7.40. The molecule has 4 nitrogen and oxygen atoms in total. The second-order valence-corrected chi connectivity index (χ2v) is 6.89. The fourth-order valence-corrected chi connectivity index (χ4v) is 3.39. The van der Waals surface area contributed by atoms with Crippen molar-refractivity contribution in [2.75, 3.05) is 16.7 Å². The van der Waals surface area contributed by atoms with Gasteiger partial charge < -0.3 is 5.73 Å². The summed E-state index contributed by atoms with van der Waals surface area (Å²) in [6.45, 7) is 0. The normalized spacial score (nSPS) is 11.2. The van der Waals surface area contributed by atoms with Crippen molar-refractivity contribution >= 4 is 33.2 Å². The minimum absolute atomic E-state index is 0.135. The second kappa shape index (κ2) is 6.19. The van der Waals surface area contributed by atoms with E-state index in [9.17, 15) is 8.42 Å². The molecule has 2 aromatic rings. The summed E-state index contributed by atoms with van der Waals surface area (Å²) in [4.78, 5) is 1.08. The van der Waals surface area contributed by atoms with Crippen LogP contribution in [0.4, 0.5) is 11.4 Å². The molecule has 0 amide bonds. The van der Waals surface area contributed by atoms with E-state index in [0.29, 0.717) is 16.9 Å². The minimum Gasteiger partial charge on any atom is -0.398 e. The molecule has 106 valence electrons. The molecule has 6 heteroatoms. The predicted molar refractivity (Wildman–Crippen MR) is 85.3 cm³/mol. The van der Waals surface area contributed by atoms with Gasteiger partial charge in [-0.1, -0.05) is 18.2 Å². The van der Waals surface area contributed by atoms with E-state index in [1.165, 1.54) is 0 Å². The Bertz CT molecular complexity index is 683. The lowest BCUT2D eigenvalue weighted by Gasteiger charge is -2.10. The van der Waals surface area contributed by atoms with Crippen molar-refractivity contribution in [2.24, 2.45) is 0 Å². The zero-order valence-corrected chi connectivity index (χ0v) is 12.7. The van der Waals surface area contributed by atoms with Crippen molar-refractivity contribution < 1.29 is 8.42 Å². The van der Waals surface area contributed by atoms with Crippen LogP contribution in [-0.4, -0.2) is 14.7 Å². The van der Waals surface area contributed by atoms with E-state index in [1.807, 2.05) is 18.4 Å². The molecule has 20 heavy (non-hydrogen) atoms. The number of rotatable bonds is 5. The van der Waals surface area contributed by atoms with Gasteiger partial charge in [-0.3, -0.25) is 4.72 Å². The summed E-state index contributed by atoms with van der Waals surface area (Å²) in [5, 5.41) is 0. The number of para-hydroxylation sites is 1. The molecule has 3 N–H and O–H groups in total. The molecule has 2 aromatic carbocycles. The Morgan fingerprint density at radius 2 is 1.75 bits per heavy atom. The van der Waals surface area contributed by atoms with Crippen molar-refractivity contribution in [2.45, 2.75) is 10.6 Å². The number of nitrogens with two attached hydrogens (primary N) is 1. The SMILES string of the molecule is CSc1ccc(NS(=O)(=O)Cc2ccccc2N)cc1. The van der Waals surface area contributed by atoms with Gasteiger partial charge in [0.15, 0.2) is 0 Å². The van der Waals surface area contributed by atoms with Crippen LogP contribution in [0.3, 0.4) is 0 Å². The average molecular weight is 308 g/mol. The summed E-state index contributed by atoms with van der Waals surface area (Å²) in [6.07, 6.45) is 1.97. The third-order valence-electron chi connectivity index (χ3n) is 2.76. The van der Waals surface area contributed by atoms with E-state index in [4.69, 9.17) is 5.73 Å². The first kappa shape index (κ1) is 14.7. The lowest BCUT2D eigenvalue weighted by Crippen LogP contribution is -2.15. The van der Waals surface area contributed by atoms with E-state index in [1.54, 1.807) is 48.2 Å². The van der Waals surface area contributed by atoms with Crippen LogP contribution < -0.4 is 10.5 Å². The number of sulfonamides is 1. The zero-order valence-electron chi connectivity index (χ0n) is 11.0. The first-order chi connectivity index (χ1) is 9.50. The molecule has 0 aliphatic heterocycles. The van der Waals surface area contributed by atoms with Crippen LogP contribution in [0.15, 0.2) is 53.4 Å². The largest absolute Gasteiger partial charge is 0.398 e. The number of hydrogen-bond donors (Lipinski definition) is 2. The fraction of sp³-hybridized carbons (Fsp3) is 0.143. The zero-order chi connectivity index (χ0) is 14.6. The molecule has 0 bridgehead atoms. The highest BCUT2D eigenvalue weighted by Crippen LogP contribution is 2.20. The molecular weight excluding hydrogens is 292 g/mol. The number of nitrogen functional groups attached to an aromatic ring is 1. The first-order valence-electron chi connectivity index (χ1n) is 5.98. The Balaban J connectivity index is 2.13. The van der Waals surface area contributed by atoms with Crippen LogP contribution >= 0.6 is 11.8 Å². The minimum atomic E-state index is -3.47. The van der Waals surface area contributed by atoms with Crippen molar-refractivity contribution in [3.05, 3.63) is 54.1 Å². The molecule has 0 unspecified atom stereocenters. The van der Waals surface area contributed by atoms with Crippen molar-refractivity contribution in [1.29, 1.82) is 0 Å². The van der Waals surface area contributed by atoms with Gasteiger partial charge in [0.1, 0.15) is 0 Å². The first-order valence-corrected chi connectivity index (χ1v) is 8.86. The van der Waals surface area contributed by atoms with E-state index >= 15 is 0 Å². The predicted octanol–water partition coefficient (Wildman–Crippen LogP) is 2.93. The van der Waals surface area contributed by atoms with Gasteiger partial charge in [-0.15, -0.1) is 11.8 Å². The lowest BCUT2D eigenvalue weighted by atomic mass is 10.2. The standard InChI is InChI=1S/C14H16N2O2S2/c1-19-13-8-6-12(7-9-13)16-20(17,18)10-11-4-2-3-5-14(11)15/h2-9,16H,10,15H2,1H3. The van der Waals surface area contributed by atoms with Crippen molar-refractivity contribution in [3.8, 4) is 0 Å². The summed E-state index contributed by atoms with van der Waals surface area (Å²) < 4.78 is 26.8. The molecule has 0 radical (unpaired) electrons. The monoisotopic (exact) mass is 308 g/mol. The van der Waals surface area contributed by atoms with Crippen molar-refractivity contribution in [1.82, 2.24) is 0 Å². The summed E-state index contributed by atoms with van der Waals surface area (Å²) in [6, 6.07) is 14.2. The van der Waals surface area contributed by atoms with Crippen LogP contribution in [-0.2, 0) is 15.8 Å². The van der Waals surface area contributed by atoms with Gasteiger partial charge >= 0.3 is 0 Å². The molecule has 0 aliphatic rings. The number of benzene rings is 2. The molecule has 0 saturated carbocycles. The van der Waals surface area contributed by atoms with Gasteiger partial charge in [0.25, 0.3) is 0 Å².